The van der Waals surface area contributed by atoms with Crippen LogP contribution in [-0.2, 0) is 14.3 Å². The summed E-state index contributed by atoms with van der Waals surface area (Å²) in [6.45, 7) is 9.75. The van der Waals surface area contributed by atoms with Crippen molar-refractivity contribution in [3.8, 4) is 0 Å². The molecule has 0 bridgehead atoms. The number of esters is 1. The Morgan fingerprint density at radius 1 is 1.09 bits per heavy atom. The van der Waals surface area contributed by atoms with Gasteiger partial charge in [0.25, 0.3) is 0 Å². The molecule has 0 aliphatic carbocycles. The molecule has 1 aromatic carbocycles. The van der Waals surface area contributed by atoms with Crippen LogP contribution < -0.4 is 5.73 Å². The Balaban J connectivity index is 3.57. The third kappa shape index (κ3) is 3.16. The first-order valence-corrected chi connectivity index (χ1v) is 7.81. The number of rotatable bonds is 7. The first-order chi connectivity index (χ1) is 10.3. The number of ether oxygens (including phenoxy) is 1. The monoisotopic (exact) mass is 305 g/mol. The average Bonchev–Trinajstić information content (AvgIpc) is 2.44. The fourth-order valence-electron chi connectivity index (χ4n) is 3.52. The van der Waals surface area contributed by atoms with Crippen molar-refractivity contribution < 1.29 is 14.3 Å². The maximum atomic E-state index is 12.7. The number of nitrogens with two attached hydrogens (primary N) is 1. The molecule has 1 rings (SSSR count). The van der Waals surface area contributed by atoms with Crippen LogP contribution in [0, 0.1) is 17.3 Å². The summed E-state index contributed by atoms with van der Waals surface area (Å²) in [6, 6.07) is 9.29. The lowest BCUT2D eigenvalue weighted by atomic mass is 9.58. The topological polar surface area (TPSA) is 69.4 Å². The van der Waals surface area contributed by atoms with Crippen molar-refractivity contribution in [3.63, 3.8) is 0 Å². The lowest BCUT2D eigenvalue weighted by molar-refractivity contribution is -0.157. The normalized spacial score (nSPS) is 13.2. The summed E-state index contributed by atoms with van der Waals surface area (Å²) in [5.74, 6) is -1.75. The van der Waals surface area contributed by atoms with E-state index < -0.39 is 23.2 Å². The Kier molecular flexibility index (Phi) is 6.15. The second kappa shape index (κ2) is 7.43. The van der Waals surface area contributed by atoms with Crippen LogP contribution in [0.4, 0.5) is 0 Å². The van der Waals surface area contributed by atoms with E-state index in [0.717, 1.165) is 5.56 Å². The summed E-state index contributed by atoms with van der Waals surface area (Å²) in [6.07, 6.45) is 0. The fourth-order valence-corrected chi connectivity index (χ4v) is 3.52. The quantitative estimate of drug-likeness (QED) is 0.787. The maximum absolute atomic E-state index is 12.7. The van der Waals surface area contributed by atoms with Crippen LogP contribution in [0.1, 0.15) is 46.1 Å². The highest BCUT2D eigenvalue weighted by atomic mass is 16.5. The van der Waals surface area contributed by atoms with Gasteiger partial charge in [0.2, 0.25) is 5.91 Å². The highest BCUT2D eigenvalue weighted by molar-refractivity contribution is 5.91. The minimum absolute atomic E-state index is 0.0976. The van der Waals surface area contributed by atoms with Gasteiger partial charge in [0.15, 0.2) is 0 Å². The summed E-state index contributed by atoms with van der Waals surface area (Å²) in [5.41, 5.74) is 5.57. The molecule has 0 radical (unpaired) electrons. The van der Waals surface area contributed by atoms with Crippen molar-refractivity contribution in [2.75, 3.05) is 6.61 Å². The van der Waals surface area contributed by atoms with Gasteiger partial charge in [0.05, 0.1) is 17.9 Å². The second-order valence-corrected chi connectivity index (χ2v) is 6.20. The van der Waals surface area contributed by atoms with Crippen LogP contribution in [0.2, 0.25) is 0 Å². The number of carbonyl (C=O) groups excluding carboxylic acids is 2. The Morgan fingerprint density at radius 2 is 1.59 bits per heavy atom. The van der Waals surface area contributed by atoms with Crippen molar-refractivity contribution in [2.45, 2.75) is 40.5 Å². The number of hydrogen-bond donors (Lipinski definition) is 1. The molecular formula is C18H27NO3. The van der Waals surface area contributed by atoms with Crippen LogP contribution in [-0.4, -0.2) is 18.5 Å². The molecule has 2 N–H and O–H groups in total. The molecule has 1 aromatic rings. The zero-order valence-corrected chi connectivity index (χ0v) is 14.1. The number of benzene rings is 1. The zero-order valence-electron chi connectivity index (χ0n) is 14.1. The van der Waals surface area contributed by atoms with Gasteiger partial charge in [-0.25, -0.2) is 0 Å². The van der Waals surface area contributed by atoms with Crippen molar-refractivity contribution in [1.82, 2.24) is 0 Å². The largest absolute Gasteiger partial charge is 0.465 e. The highest BCUT2D eigenvalue weighted by Gasteiger charge is 2.53. The van der Waals surface area contributed by atoms with E-state index in [4.69, 9.17) is 10.5 Å². The van der Waals surface area contributed by atoms with Gasteiger partial charge in [-0.2, -0.15) is 0 Å². The van der Waals surface area contributed by atoms with Gasteiger partial charge < -0.3 is 10.5 Å². The summed E-state index contributed by atoms with van der Waals surface area (Å²) >= 11 is 0. The van der Waals surface area contributed by atoms with Crippen molar-refractivity contribution >= 4 is 11.9 Å². The van der Waals surface area contributed by atoms with Gasteiger partial charge in [0.1, 0.15) is 0 Å². The SMILES string of the molecule is CCOC(=O)C(c1ccccc1)C(C(N)=O)(C(C)C)C(C)C. The van der Waals surface area contributed by atoms with Crippen LogP contribution >= 0.6 is 0 Å². The van der Waals surface area contributed by atoms with Crippen LogP contribution in [0.25, 0.3) is 0 Å². The molecule has 1 atom stereocenters. The minimum atomic E-state index is -0.992. The predicted molar refractivity (Wildman–Crippen MR) is 87.1 cm³/mol. The maximum Gasteiger partial charge on any atom is 0.314 e. The van der Waals surface area contributed by atoms with E-state index in [9.17, 15) is 9.59 Å². The molecule has 0 heterocycles. The zero-order chi connectivity index (χ0) is 16.9. The lowest BCUT2D eigenvalue weighted by Crippen LogP contribution is -2.52. The van der Waals surface area contributed by atoms with E-state index >= 15 is 0 Å². The van der Waals surface area contributed by atoms with Gasteiger partial charge in [-0.15, -0.1) is 0 Å². The highest BCUT2D eigenvalue weighted by Crippen LogP contribution is 2.48. The van der Waals surface area contributed by atoms with Crippen molar-refractivity contribution in [3.05, 3.63) is 35.9 Å². The molecule has 0 aliphatic rings. The number of amides is 1. The number of primary amides is 1. The molecule has 122 valence electrons. The molecule has 4 heteroatoms. The average molecular weight is 305 g/mol. The third-order valence-corrected chi connectivity index (χ3v) is 4.47. The van der Waals surface area contributed by atoms with Gasteiger partial charge in [-0.3, -0.25) is 9.59 Å². The smallest absolute Gasteiger partial charge is 0.314 e. The molecule has 0 saturated heterocycles. The Labute approximate surface area is 133 Å². The molecule has 22 heavy (non-hydrogen) atoms. The molecular weight excluding hydrogens is 278 g/mol. The van der Waals surface area contributed by atoms with Gasteiger partial charge >= 0.3 is 5.97 Å². The minimum Gasteiger partial charge on any atom is -0.465 e. The van der Waals surface area contributed by atoms with Crippen LogP contribution in [0.3, 0.4) is 0 Å². The molecule has 0 aromatic heterocycles. The molecule has 1 amide bonds. The van der Waals surface area contributed by atoms with E-state index in [1.165, 1.54) is 0 Å². The lowest BCUT2D eigenvalue weighted by Gasteiger charge is -2.43. The molecule has 0 aliphatic heterocycles. The first kappa shape index (κ1) is 18.2. The van der Waals surface area contributed by atoms with Crippen LogP contribution in [0.5, 0.6) is 0 Å². The molecule has 0 spiro atoms. The standard InChI is InChI=1S/C18H27NO3/c1-6-22-16(20)15(14-10-8-7-9-11-14)18(12(2)3,13(4)5)17(19)21/h7-13,15H,6H2,1-5H3,(H2,19,21). The van der Waals surface area contributed by atoms with Gasteiger partial charge in [0, 0.05) is 0 Å². The van der Waals surface area contributed by atoms with E-state index in [-0.39, 0.29) is 18.4 Å². The summed E-state index contributed by atoms with van der Waals surface area (Å²) in [7, 11) is 0. The number of carbonyl (C=O) groups is 2. The number of hydrogen-bond acceptors (Lipinski definition) is 3. The van der Waals surface area contributed by atoms with E-state index in [1.54, 1.807) is 6.92 Å². The van der Waals surface area contributed by atoms with E-state index in [1.807, 2.05) is 58.0 Å². The Morgan fingerprint density at radius 3 is 1.95 bits per heavy atom. The van der Waals surface area contributed by atoms with Gasteiger partial charge in [-0.1, -0.05) is 58.0 Å². The fraction of sp³-hybridized carbons (Fsp3) is 0.556. The molecule has 4 nitrogen and oxygen atoms in total. The van der Waals surface area contributed by atoms with E-state index in [0.29, 0.717) is 0 Å². The summed E-state index contributed by atoms with van der Waals surface area (Å²) in [5, 5.41) is 0. The second-order valence-electron chi connectivity index (χ2n) is 6.20. The predicted octanol–water partition coefficient (Wildman–Crippen LogP) is 3.12. The van der Waals surface area contributed by atoms with Crippen molar-refractivity contribution in [1.29, 1.82) is 0 Å². The third-order valence-electron chi connectivity index (χ3n) is 4.47. The Bertz CT molecular complexity index is 500. The summed E-state index contributed by atoms with van der Waals surface area (Å²) in [4.78, 5) is 25.1. The Hall–Kier alpha value is -1.84. The van der Waals surface area contributed by atoms with Gasteiger partial charge in [-0.05, 0) is 24.3 Å². The first-order valence-electron chi connectivity index (χ1n) is 7.81. The van der Waals surface area contributed by atoms with Crippen LogP contribution in [0.15, 0.2) is 30.3 Å². The van der Waals surface area contributed by atoms with E-state index in [2.05, 4.69) is 0 Å². The van der Waals surface area contributed by atoms with Crippen molar-refractivity contribution in [2.24, 2.45) is 23.0 Å². The molecule has 0 fully saturated rings. The molecule has 0 saturated carbocycles. The molecule has 1 unspecified atom stereocenters. The summed E-state index contributed by atoms with van der Waals surface area (Å²) < 4.78 is 5.27.